The summed E-state index contributed by atoms with van der Waals surface area (Å²) >= 11 is 0. The number of aromatic nitrogens is 2. The molecule has 2 aromatic rings. The molecule has 26 heavy (non-hydrogen) atoms. The Bertz CT molecular complexity index is 955. The van der Waals surface area contributed by atoms with Gasteiger partial charge in [0.1, 0.15) is 11.7 Å². The van der Waals surface area contributed by atoms with Crippen LogP contribution in [-0.2, 0) is 6.54 Å². The highest BCUT2D eigenvalue weighted by Crippen LogP contribution is 2.29. The summed E-state index contributed by atoms with van der Waals surface area (Å²) in [6.45, 7) is 6.95. The van der Waals surface area contributed by atoms with Gasteiger partial charge in [-0.05, 0) is 55.2 Å². The number of rotatable bonds is 4. The van der Waals surface area contributed by atoms with Gasteiger partial charge >= 0.3 is 0 Å². The van der Waals surface area contributed by atoms with Crippen LogP contribution in [0.5, 0.6) is 0 Å². The van der Waals surface area contributed by atoms with Crippen LogP contribution in [0.3, 0.4) is 0 Å². The van der Waals surface area contributed by atoms with Crippen LogP contribution in [0.4, 0.5) is 5.82 Å². The number of aliphatic imine (C=N–C) groups is 1. The summed E-state index contributed by atoms with van der Waals surface area (Å²) in [5, 5.41) is 7.92. The second kappa shape index (κ2) is 6.44. The molecule has 4 rings (SSSR count). The van der Waals surface area contributed by atoms with Gasteiger partial charge in [0.15, 0.2) is 13.3 Å². The maximum atomic E-state index is 4.77. The zero-order valence-corrected chi connectivity index (χ0v) is 15.6. The fourth-order valence-corrected chi connectivity index (χ4v) is 3.50. The summed E-state index contributed by atoms with van der Waals surface area (Å²) in [6.07, 6.45) is 5.82. The van der Waals surface area contributed by atoms with Crippen LogP contribution < -0.4 is 5.32 Å². The van der Waals surface area contributed by atoms with Crippen molar-refractivity contribution in [3.05, 3.63) is 53.0 Å². The summed E-state index contributed by atoms with van der Waals surface area (Å²) in [5.74, 6) is 1.07. The van der Waals surface area contributed by atoms with E-state index in [0.29, 0.717) is 12.6 Å². The van der Waals surface area contributed by atoms with E-state index in [1.165, 1.54) is 11.1 Å². The lowest BCUT2D eigenvalue weighted by atomic mass is 9.95. The lowest BCUT2D eigenvalue weighted by molar-refractivity contribution is -0.494. The standard InChI is InChI=1S/C20H23N6/c1-12(2)24-20-18-15(6-8-22-20)10-23-19(18)17-9-14(5-7-21-17)16-11-26(4)25-13(16)3/h5-9,11-12,16H,10H2,1-4H3,(H,22,24)/q+1. The summed E-state index contributed by atoms with van der Waals surface area (Å²) < 4.78 is 1.87. The highest BCUT2D eigenvalue weighted by atomic mass is 15.4. The Morgan fingerprint density at radius 1 is 1.19 bits per heavy atom. The Kier molecular flexibility index (Phi) is 4.11. The predicted octanol–water partition coefficient (Wildman–Crippen LogP) is 2.83. The largest absolute Gasteiger partial charge is 0.367 e. The number of pyridine rings is 2. The SMILES string of the molecule is CC1=N[N+](C)=CC1c1ccnc(C2=NCc3ccnc(NC(C)C)c32)c1. The van der Waals surface area contributed by atoms with Crippen LogP contribution in [0, 0.1) is 0 Å². The van der Waals surface area contributed by atoms with E-state index in [4.69, 9.17) is 4.99 Å². The minimum Gasteiger partial charge on any atom is -0.367 e. The van der Waals surface area contributed by atoms with Crippen LogP contribution in [0.25, 0.3) is 0 Å². The van der Waals surface area contributed by atoms with Gasteiger partial charge in [0.2, 0.25) is 0 Å². The summed E-state index contributed by atoms with van der Waals surface area (Å²) in [7, 11) is 1.96. The maximum absolute atomic E-state index is 4.77. The number of fused-ring (bicyclic) bond motifs is 1. The van der Waals surface area contributed by atoms with Crippen molar-refractivity contribution in [2.45, 2.75) is 39.3 Å². The first kappa shape index (κ1) is 16.6. The molecule has 1 atom stereocenters. The highest BCUT2D eigenvalue weighted by Gasteiger charge is 2.27. The van der Waals surface area contributed by atoms with Gasteiger partial charge < -0.3 is 5.32 Å². The monoisotopic (exact) mass is 347 g/mol. The minimum absolute atomic E-state index is 0.186. The molecular weight excluding hydrogens is 324 g/mol. The first-order valence-electron chi connectivity index (χ1n) is 8.91. The van der Waals surface area contributed by atoms with E-state index in [2.05, 4.69) is 59.5 Å². The van der Waals surface area contributed by atoms with Gasteiger partial charge in [0.25, 0.3) is 0 Å². The lowest BCUT2D eigenvalue weighted by Gasteiger charge is -2.14. The molecule has 0 fully saturated rings. The van der Waals surface area contributed by atoms with Crippen molar-refractivity contribution in [1.82, 2.24) is 9.97 Å². The Balaban J connectivity index is 1.74. The van der Waals surface area contributed by atoms with E-state index in [9.17, 15) is 0 Å². The number of hydrazone groups is 1. The van der Waals surface area contributed by atoms with Crippen LogP contribution in [0.1, 0.15) is 49.1 Å². The fraction of sp³-hybridized carbons (Fsp3) is 0.350. The van der Waals surface area contributed by atoms with E-state index in [0.717, 1.165) is 28.5 Å². The number of hydrogen-bond acceptors (Lipinski definition) is 5. The molecule has 0 amide bonds. The molecule has 2 aliphatic heterocycles. The smallest absolute Gasteiger partial charge is 0.185 e. The van der Waals surface area contributed by atoms with Crippen molar-refractivity contribution in [3.63, 3.8) is 0 Å². The average molecular weight is 347 g/mol. The summed E-state index contributed by atoms with van der Waals surface area (Å²) in [4.78, 5) is 13.9. The molecule has 4 heterocycles. The average Bonchev–Trinajstić information content (AvgIpc) is 3.18. The van der Waals surface area contributed by atoms with Gasteiger partial charge in [0, 0.05) is 24.0 Å². The fourth-order valence-electron chi connectivity index (χ4n) is 3.50. The van der Waals surface area contributed by atoms with Gasteiger partial charge in [-0.3, -0.25) is 9.98 Å². The van der Waals surface area contributed by atoms with Gasteiger partial charge in [-0.1, -0.05) is 4.68 Å². The second-order valence-corrected chi connectivity index (χ2v) is 7.07. The maximum Gasteiger partial charge on any atom is 0.185 e. The van der Waals surface area contributed by atoms with Crippen molar-refractivity contribution in [3.8, 4) is 0 Å². The number of nitrogens with zero attached hydrogens (tertiary/aromatic N) is 5. The molecule has 0 radical (unpaired) electrons. The molecule has 1 N–H and O–H groups in total. The van der Waals surface area contributed by atoms with Crippen molar-refractivity contribution in [2.75, 3.05) is 12.4 Å². The van der Waals surface area contributed by atoms with E-state index in [1.54, 1.807) is 0 Å². The zero-order valence-electron chi connectivity index (χ0n) is 15.6. The molecule has 1 unspecified atom stereocenters. The zero-order chi connectivity index (χ0) is 18.3. The normalized spacial score (nSPS) is 18.5. The van der Waals surface area contributed by atoms with Gasteiger partial charge in [-0.2, -0.15) is 0 Å². The van der Waals surface area contributed by atoms with Gasteiger partial charge in [0.05, 0.1) is 23.7 Å². The molecule has 2 aromatic heterocycles. The third kappa shape index (κ3) is 2.92. The lowest BCUT2D eigenvalue weighted by Crippen LogP contribution is -2.16. The molecule has 0 saturated heterocycles. The number of nitrogens with one attached hydrogen (secondary N) is 1. The van der Waals surface area contributed by atoms with Gasteiger partial charge in [-0.25, -0.2) is 4.98 Å². The van der Waals surface area contributed by atoms with E-state index < -0.39 is 0 Å². The Morgan fingerprint density at radius 2 is 2.00 bits per heavy atom. The molecule has 0 aromatic carbocycles. The summed E-state index contributed by atoms with van der Waals surface area (Å²) in [6, 6.07) is 6.52. The third-order valence-corrected chi connectivity index (χ3v) is 4.62. The Hall–Kier alpha value is -2.89. The van der Waals surface area contributed by atoms with E-state index in [1.807, 2.05) is 30.2 Å². The van der Waals surface area contributed by atoms with E-state index in [-0.39, 0.29) is 5.92 Å². The second-order valence-electron chi connectivity index (χ2n) is 7.07. The van der Waals surface area contributed by atoms with Crippen LogP contribution in [-0.4, -0.2) is 45.4 Å². The van der Waals surface area contributed by atoms with Crippen LogP contribution >= 0.6 is 0 Å². The minimum atomic E-state index is 0.186. The molecule has 6 heteroatoms. The summed E-state index contributed by atoms with van der Waals surface area (Å²) in [5.41, 5.74) is 6.33. The topological polar surface area (TPSA) is 65.5 Å². The molecule has 0 saturated carbocycles. The van der Waals surface area contributed by atoms with Crippen molar-refractivity contribution in [1.29, 1.82) is 0 Å². The molecule has 6 nitrogen and oxygen atoms in total. The third-order valence-electron chi connectivity index (χ3n) is 4.62. The van der Waals surface area contributed by atoms with Crippen LogP contribution in [0.15, 0.2) is 40.7 Å². The molecule has 0 aliphatic carbocycles. The number of hydrogen-bond donors (Lipinski definition) is 1. The first-order valence-corrected chi connectivity index (χ1v) is 8.91. The molecule has 0 bridgehead atoms. The molecule has 0 spiro atoms. The Morgan fingerprint density at radius 3 is 2.73 bits per heavy atom. The van der Waals surface area contributed by atoms with Crippen molar-refractivity contribution < 1.29 is 4.68 Å². The van der Waals surface area contributed by atoms with E-state index >= 15 is 0 Å². The highest BCUT2D eigenvalue weighted by molar-refractivity contribution is 6.17. The molecular formula is C20H23N6+. The van der Waals surface area contributed by atoms with Crippen molar-refractivity contribution >= 4 is 23.5 Å². The van der Waals surface area contributed by atoms with Crippen LogP contribution in [0.2, 0.25) is 0 Å². The van der Waals surface area contributed by atoms with Gasteiger partial charge in [-0.15, -0.1) is 0 Å². The predicted molar refractivity (Wildman–Crippen MR) is 105 cm³/mol. The number of anilines is 1. The Labute approximate surface area is 153 Å². The molecule has 2 aliphatic rings. The molecule has 132 valence electrons. The first-order chi connectivity index (χ1) is 12.5. The quantitative estimate of drug-likeness (QED) is 0.865. The van der Waals surface area contributed by atoms with Crippen molar-refractivity contribution in [2.24, 2.45) is 10.1 Å².